The van der Waals surface area contributed by atoms with Crippen molar-refractivity contribution in [2.75, 3.05) is 18.5 Å². The Labute approximate surface area is 180 Å². The lowest BCUT2D eigenvalue weighted by molar-refractivity contribution is -0.153. The third kappa shape index (κ3) is 7.47. The molecule has 2 N–H and O–H groups in total. The molecule has 0 unspecified atom stereocenters. The van der Waals surface area contributed by atoms with Crippen LogP contribution >= 0.6 is 0 Å². The summed E-state index contributed by atoms with van der Waals surface area (Å²) >= 11 is 0. The molecule has 2 rings (SSSR count). The predicted octanol–water partition coefficient (Wildman–Crippen LogP) is 4.21. The van der Waals surface area contributed by atoms with Crippen LogP contribution in [-0.4, -0.2) is 30.9 Å². The molecule has 1 saturated carbocycles. The van der Waals surface area contributed by atoms with Crippen LogP contribution in [0.15, 0.2) is 12.1 Å². The maximum absolute atomic E-state index is 12.2. The fourth-order valence-corrected chi connectivity index (χ4v) is 4.22. The van der Waals surface area contributed by atoms with Crippen molar-refractivity contribution in [3.8, 4) is 0 Å². The van der Waals surface area contributed by atoms with Crippen LogP contribution in [0.1, 0.15) is 68.6 Å². The molecule has 1 aromatic carbocycles. The van der Waals surface area contributed by atoms with Gasteiger partial charge in [-0.2, -0.15) is 0 Å². The first-order chi connectivity index (χ1) is 14.3. The van der Waals surface area contributed by atoms with E-state index in [1.165, 1.54) is 19.3 Å². The van der Waals surface area contributed by atoms with Crippen LogP contribution in [0.25, 0.3) is 0 Å². The number of carbonyl (C=O) groups is 3. The number of rotatable bonds is 9. The summed E-state index contributed by atoms with van der Waals surface area (Å²) in [7, 11) is 0. The van der Waals surface area contributed by atoms with E-state index in [4.69, 9.17) is 4.74 Å². The molecule has 166 valence electrons. The first-order valence-electron chi connectivity index (χ1n) is 11.1. The number of hydrogen-bond donors (Lipinski definition) is 2. The lowest BCUT2D eigenvalue weighted by Gasteiger charge is -2.27. The van der Waals surface area contributed by atoms with Crippen molar-refractivity contribution >= 4 is 23.5 Å². The number of carbonyl (C=O) groups excluding carboxylic acids is 3. The van der Waals surface area contributed by atoms with Gasteiger partial charge in [-0.25, -0.2) is 0 Å². The first kappa shape index (κ1) is 23.9. The van der Waals surface area contributed by atoms with Gasteiger partial charge in [-0.05, 0) is 63.5 Å². The van der Waals surface area contributed by atoms with Crippen molar-refractivity contribution in [2.24, 2.45) is 11.8 Å². The van der Waals surface area contributed by atoms with Gasteiger partial charge in [0, 0.05) is 5.69 Å². The van der Waals surface area contributed by atoms with E-state index in [2.05, 4.69) is 17.6 Å². The molecule has 0 atom stereocenters. The molecule has 0 heterocycles. The second kappa shape index (κ2) is 11.7. The smallest absolute Gasteiger partial charge is 0.309 e. The molecular weight excluding hydrogens is 380 g/mol. The van der Waals surface area contributed by atoms with Gasteiger partial charge in [-0.15, -0.1) is 0 Å². The van der Waals surface area contributed by atoms with E-state index in [1.807, 2.05) is 32.9 Å². The van der Waals surface area contributed by atoms with Gasteiger partial charge in [0.1, 0.15) is 0 Å². The Morgan fingerprint density at radius 2 is 1.63 bits per heavy atom. The number of ether oxygens (including phenoxy) is 1. The van der Waals surface area contributed by atoms with Gasteiger partial charge in [0.25, 0.3) is 5.91 Å². The highest BCUT2D eigenvalue weighted by Gasteiger charge is 2.27. The molecule has 0 radical (unpaired) electrons. The molecule has 6 heteroatoms. The molecule has 0 saturated heterocycles. The fraction of sp³-hybridized carbons (Fsp3) is 0.625. The Morgan fingerprint density at radius 1 is 1.00 bits per heavy atom. The Hall–Kier alpha value is -2.37. The molecular formula is C24H36N2O4. The van der Waals surface area contributed by atoms with Crippen LogP contribution in [0, 0.1) is 32.6 Å². The Kier molecular flexibility index (Phi) is 9.34. The second-order valence-electron chi connectivity index (χ2n) is 8.57. The van der Waals surface area contributed by atoms with Gasteiger partial charge < -0.3 is 15.4 Å². The molecule has 0 aromatic heterocycles. The Morgan fingerprint density at radius 3 is 2.23 bits per heavy atom. The van der Waals surface area contributed by atoms with Gasteiger partial charge in [0.05, 0.1) is 12.5 Å². The molecule has 30 heavy (non-hydrogen) atoms. The van der Waals surface area contributed by atoms with E-state index in [0.717, 1.165) is 54.0 Å². The molecule has 1 aromatic rings. The highest BCUT2D eigenvalue weighted by Crippen LogP contribution is 2.32. The maximum Gasteiger partial charge on any atom is 0.309 e. The predicted molar refractivity (Wildman–Crippen MR) is 118 cm³/mol. The average molecular weight is 417 g/mol. The summed E-state index contributed by atoms with van der Waals surface area (Å²) in [4.78, 5) is 36.4. The monoisotopic (exact) mass is 416 g/mol. The lowest BCUT2D eigenvalue weighted by atomic mass is 9.80. The van der Waals surface area contributed by atoms with Gasteiger partial charge in [-0.3, -0.25) is 14.4 Å². The number of unbranched alkanes of at least 4 members (excludes halogenated alkanes) is 1. The molecule has 0 spiro atoms. The minimum absolute atomic E-state index is 0.105. The summed E-state index contributed by atoms with van der Waals surface area (Å²) in [5, 5.41) is 5.35. The number of esters is 1. The van der Waals surface area contributed by atoms with Crippen LogP contribution in [0.2, 0.25) is 0 Å². The number of hydrogen-bond acceptors (Lipinski definition) is 4. The van der Waals surface area contributed by atoms with Crippen molar-refractivity contribution in [3.05, 3.63) is 28.8 Å². The number of nitrogens with one attached hydrogen (secondary N) is 2. The molecule has 1 aliphatic carbocycles. The normalized spacial score (nSPS) is 18.5. The SMILES string of the molecule is CCCCC1CCC(C(=O)OCC(=O)NCC(=O)Nc2c(C)cc(C)cc2C)CC1. The topological polar surface area (TPSA) is 84.5 Å². The van der Waals surface area contributed by atoms with E-state index in [9.17, 15) is 14.4 Å². The summed E-state index contributed by atoms with van der Waals surface area (Å²) in [6, 6.07) is 4.00. The van der Waals surface area contributed by atoms with E-state index in [-0.39, 0.29) is 30.9 Å². The Balaban J connectivity index is 1.67. The van der Waals surface area contributed by atoms with Crippen LogP contribution < -0.4 is 10.6 Å². The van der Waals surface area contributed by atoms with Crippen molar-refractivity contribution in [1.82, 2.24) is 5.32 Å². The molecule has 2 amide bonds. The minimum atomic E-state index is -0.465. The van der Waals surface area contributed by atoms with Crippen molar-refractivity contribution in [3.63, 3.8) is 0 Å². The van der Waals surface area contributed by atoms with E-state index in [0.29, 0.717) is 0 Å². The second-order valence-corrected chi connectivity index (χ2v) is 8.57. The van der Waals surface area contributed by atoms with Crippen molar-refractivity contribution in [1.29, 1.82) is 0 Å². The Bertz CT molecular complexity index is 729. The lowest BCUT2D eigenvalue weighted by Crippen LogP contribution is -2.36. The van der Waals surface area contributed by atoms with Crippen LogP contribution in [-0.2, 0) is 19.1 Å². The van der Waals surface area contributed by atoms with Gasteiger partial charge >= 0.3 is 5.97 Å². The van der Waals surface area contributed by atoms with E-state index >= 15 is 0 Å². The van der Waals surface area contributed by atoms with Crippen molar-refractivity contribution < 1.29 is 19.1 Å². The molecule has 1 fully saturated rings. The summed E-state index contributed by atoms with van der Waals surface area (Å²) in [5.74, 6) is -0.458. The molecule has 0 bridgehead atoms. The fourth-order valence-electron chi connectivity index (χ4n) is 4.22. The number of benzene rings is 1. The number of amides is 2. The van der Waals surface area contributed by atoms with Crippen LogP contribution in [0.3, 0.4) is 0 Å². The minimum Gasteiger partial charge on any atom is -0.455 e. The van der Waals surface area contributed by atoms with Crippen molar-refractivity contribution in [2.45, 2.75) is 72.6 Å². The van der Waals surface area contributed by atoms with Crippen LogP contribution in [0.4, 0.5) is 5.69 Å². The molecule has 0 aliphatic heterocycles. The standard InChI is InChI=1S/C24H36N2O4/c1-5-6-7-19-8-10-20(11-9-19)24(29)30-15-22(28)25-14-21(27)26-23-17(3)12-16(2)13-18(23)4/h12-13,19-20H,5-11,14-15H2,1-4H3,(H,25,28)(H,26,27). The quantitative estimate of drug-likeness (QED) is 0.591. The largest absolute Gasteiger partial charge is 0.455 e. The van der Waals surface area contributed by atoms with Crippen LogP contribution in [0.5, 0.6) is 0 Å². The first-order valence-corrected chi connectivity index (χ1v) is 11.1. The summed E-state index contributed by atoms with van der Waals surface area (Å²) in [5.41, 5.74) is 3.85. The van der Waals surface area contributed by atoms with E-state index < -0.39 is 5.91 Å². The summed E-state index contributed by atoms with van der Waals surface area (Å²) < 4.78 is 5.18. The maximum atomic E-state index is 12.2. The van der Waals surface area contributed by atoms with Gasteiger partial charge in [0.2, 0.25) is 5.91 Å². The molecule has 6 nitrogen and oxygen atoms in total. The van der Waals surface area contributed by atoms with Gasteiger partial charge in [0.15, 0.2) is 6.61 Å². The van der Waals surface area contributed by atoms with E-state index in [1.54, 1.807) is 0 Å². The third-order valence-electron chi connectivity index (χ3n) is 5.88. The van der Waals surface area contributed by atoms with Gasteiger partial charge in [-0.1, -0.05) is 43.9 Å². The summed E-state index contributed by atoms with van der Waals surface area (Å²) in [6.45, 7) is 7.57. The number of anilines is 1. The molecule has 1 aliphatic rings. The zero-order valence-corrected chi connectivity index (χ0v) is 18.8. The highest BCUT2D eigenvalue weighted by atomic mass is 16.5. The zero-order valence-electron chi connectivity index (χ0n) is 18.8. The summed E-state index contributed by atoms with van der Waals surface area (Å²) in [6.07, 6.45) is 7.49. The number of aryl methyl sites for hydroxylation is 3. The third-order valence-corrected chi connectivity index (χ3v) is 5.88. The average Bonchev–Trinajstić information content (AvgIpc) is 2.71. The highest BCUT2D eigenvalue weighted by molar-refractivity contribution is 5.96. The zero-order chi connectivity index (χ0) is 22.1.